The van der Waals surface area contributed by atoms with Crippen LogP contribution in [-0.2, 0) is 16.1 Å². The Hall–Kier alpha value is -3.40. The minimum absolute atomic E-state index is 0.0868. The first-order chi connectivity index (χ1) is 12.5. The number of benzene rings is 4. The highest BCUT2D eigenvalue weighted by Crippen LogP contribution is 2.35. The Morgan fingerprint density at radius 1 is 0.923 bits per heavy atom. The van der Waals surface area contributed by atoms with E-state index >= 15 is 0 Å². The Morgan fingerprint density at radius 3 is 2.23 bits per heavy atom. The fraction of sp³-hybridized carbons (Fsp3) is 0.0909. The van der Waals surface area contributed by atoms with Gasteiger partial charge in [0, 0.05) is 5.57 Å². The van der Waals surface area contributed by atoms with Crippen molar-refractivity contribution in [3.05, 3.63) is 72.3 Å². The minimum atomic E-state index is -0.774. The Morgan fingerprint density at radius 2 is 1.54 bits per heavy atom. The van der Waals surface area contributed by atoms with Crippen molar-refractivity contribution < 1.29 is 14.3 Å². The molecule has 0 saturated heterocycles. The van der Waals surface area contributed by atoms with Crippen LogP contribution in [0, 0.1) is 0 Å². The van der Waals surface area contributed by atoms with Gasteiger partial charge >= 0.3 is 6.09 Å². The number of carbonyl (C=O) groups is 2. The number of amides is 2. The second kappa shape index (κ2) is 6.15. The van der Waals surface area contributed by atoms with Gasteiger partial charge in [-0.2, -0.15) is 0 Å². The largest absolute Gasteiger partial charge is 0.444 e. The average molecular weight is 343 g/mol. The lowest BCUT2D eigenvalue weighted by molar-refractivity contribution is -0.116. The van der Waals surface area contributed by atoms with E-state index in [1.165, 1.54) is 28.5 Å². The van der Waals surface area contributed by atoms with Gasteiger partial charge in [0.1, 0.15) is 6.61 Å². The van der Waals surface area contributed by atoms with E-state index in [1.54, 1.807) is 0 Å². The van der Waals surface area contributed by atoms with Crippen LogP contribution in [0.2, 0.25) is 0 Å². The highest BCUT2D eigenvalue weighted by molar-refractivity contribution is 6.23. The molecule has 0 saturated carbocycles. The zero-order valence-corrected chi connectivity index (χ0v) is 14.3. The molecule has 0 heterocycles. The third-order valence-electron chi connectivity index (χ3n) is 4.58. The molecule has 0 fully saturated rings. The highest BCUT2D eigenvalue weighted by Gasteiger charge is 2.13. The normalized spacial score (nSPS) is 11.1. The molecule has 0 bridgehead atoms. The van der Waals surface area contributed by atoms with Crippen molar-refractivity contribution in [2.75, 3.05) is 0 Å². The van der Waals surface area contributed by atoms with Crippen LogP contribution in [0.3, 0.4) is 0 Å². The standard InChI is InChI=1S/C22H17NO3/c1-13(2)21(24)23-22(25)26-12-17-9-8-16-7-6-14-4-3-5-15-10-11-18(17)20(16)19(14)15/h3-11H,1,12H2,2H3,(H,23,24,25). The first-order valence-corrected chi connectivity index (χ1v) is 8.33. The summed E-state index contributed by atoms with van der Waals surface area (Å²) in [6, 6.07) is 18.6. The van der Waals surface area contributed by atoms with E-state index in [9.17, 15) is 9.59 Å². The maximum absolute atomic E-state index is 11.8. The summed E-state index contributed by atoms with van der Waals surface area (Å²) >= 11 is 0. The monoisotopic (exact) mass is 343 g/mol. The molecule has 128 valence electrons. The molecule has 4 aromatic rings. The van der Waals surface area contributed by atoms with Crippen molar-refractivity contribution in [3.63, 3.8) is 0 Å². The molecule has 0 aliphatic rings. The minimum Gasteiger partial charge on any atom is -0.444 e. The van der Waals surface area contributed by atoms with E-state index in [0.29, 0.717) is 0 Å². The molecule has 1 N–H and O–H groups in total. The summed E-state index contributed by atoms with van der Waals surface area (Å²) in [6.45, 7) is 5.11. The quantitative estimate of drug-likeness (QED) is 0.425. The van der Waals surface area contributed by atoms with Gasteiger partial charge < -0.3 is 4.74 Å². The van der Waals surface area contributed by atoms with Crippen molar-refractivity contribution in [3.8, 4) is 0 Å². The molecule has 0 spiro atoms. The molecular weight excluding hydrogens is 326 g/mol. The van der Waals surface area contributed by atoms with Gasteiger partial charge in [0.2, 0.25) is 0 Å². The van der Waals surface area contributed by atoms with Gasteiger partial charge in [-0.3, -0.25) is 10.1 Å². The van der Waals surface area contributed by atoms with Crippen molar-refractivity contribution >= 4 is 44.3 Å². The first-order valence-electron chi connectivity index (χ1n) is 8.33. The summed E-state index contributed by atoms with van der Waals surface area (Å²) in [6.07, 6.45) is -0.774. The van der Waals surface area contributed by atoms with E-state index in [4.69, 9.17) is 4.74 Å². The highest BCUT2D eigenvalue weighted by atomic mass is 16.5. The van der Waals surface area contributed by atoms with Gasteiger partial charge in [0.05, 0.1) is 0 Å². The van der Waals surface area contributed by atoms with Crippen LogP contribution in [0.4, 0.5) is 4.79 Å². The van der Waals surface area contributed by atoms with Crippen LogP contribution in [0.15, 0.2) is 66.7 Å². The van der Waals surface area contributed by atoms with E-state index < -0.39 is 12.0 Å². The lowest BCUT2D eigenvalue weighted by atomic mass is 9.92. The van der Waals surface area contributed by atoms with Crippen LogP contribution in [-0.4, -0.2) is 12.0 Å². The van der Waals surface area contributed by atoms with Crippen LogP contribution in [0.25, 0.3) is 32.3 Å². The predicted octanol–water partition coefficient (Wildman–Crippen LogP) is 4.91. The summed E-state index contributed by atoms with van der Waals surface area (Å²) in [7, 11) is 0. The SMILES string of the molecule is C=C(C)C(=O)NC(=O)OCc1ccc2ccc3cccc4ccc1c2c34. The number of imide groups is 1. The number of nitrogens with one attached hydrogen (secondary N) is 1. The molecule has 0 aliphatic heterocycles. The molecule has 0 unspecified atom stereocenters. The van der Waals surface area contributed by atoms with E-state index in [0.717, 1.165) is 16.3 Å². The van der Waals surface area contributed by atoms with Gasteiger partial charge in [-0.25, -0.2) is 4.79 Å². The van der Waals surface area contributed by atoms with Gasteiger partial charge in [0.15, 0.2) is 0 Å². The Kier molecular flexibility index (Phi) is 3.81. The van der Waals surface area contributed by atoms with Gasteiger partial charge in [0.25, 0.3) is 5.91 Å². The zero-order chi connectivity index (χ0) is 18.3. The van der Waals surface area contributed by atoms with Crippen molar-refractivity contribution in [1.82, 2.24) is 5.32 Å². The lowest BCUT2D eigenvalue weighted by Gasteiger charge is -2.14. The molecule has 0 radical (unpaired) electrons. The fourth-order valence-corrected chi connectivity index (χ4v) is 3.30. The summed E-state index contributed by atoms with van der Waals surface area (Å²) in [4.78, 5) is 23.3. The number of hydrogen-bond donors (Lipinski definition) is 1. The molecular formula is C22H17NO3. The van der Waals surface area contributed by atoms with Gasteiger partial charge in [-0.05, 0) is 44.8 Å². The maximum Gasteiger partial charge on any atom is 0.414 e. The van der Waals surface area contributed by atoms with Crippen LogP contribution in [0.1, 0.15) is 12.5 Å². The van der Waals surface area contributed by atoms with Crippen LogP contribution < -0.4 is 5.32 Å². The van der Waals surface area contributed by atoms with E-state index in [1.807, 2.05) is 12.1 Å². The summed E-state index contributed by atoms with van der Waals surface area (Å²) in [5.74, 6) is -0.537. The Balaban J connectivity index is 1.71. The number of rotatable bonds is 3. The Labute approximate surface area is 150 Å². The maximum atomic E-state index is 11.8. The van der Waals surface area contributed by atoms with Crippen molar-refractivity contribution in [1.29, 1.82) is 0 Å². The van der Waals surface area contributed by atoms with E-state index in [-0.39, 0.29) is 12.2 Å². The lowest BCUT2D eigenvalue weighted by Crippen LogP contribution is -2.31. The second-order valence-corrected chi connectivity index (χ2v) is 6.39. The van der Waals surface area contributed by atoms with Crippen LogP contribution >= 0.6 is 0 Å². The number of ether oxygens (including phenoxy) is 1. The van der Waals surface area contributed by atoms with Gasteiger partial charge in [-0.1, -0.05) is 61.2 Å². The molecule has 0 aliphatic carbocycles. The summed E-state index contributed by atoms with van der Waals surface area (Å²) in [5.41, 5.74) is 1.15. The van der Waals surface area contributed by atoms with E-state index in [2.05, 4.69) is 54.4 Å². The molecule has 2 amide bonds. The number of carbonyl (C=O) groups excluding carboxylic acids is 2. The molecule has 26 heavy (non-hydrogen) atoms. The molecule has 4 aromatic carbocycles. The smallest absolute Gasteiger partial charge is 0.414 e. The van der Waals surface area contributed by atoms with Crippen molar-refractivity contribution in [2.24, 2.45) is 0 Å². The molecule has 0 atom stereocenters. The molecule has 0 aromatic heterocycles. The van der Waals surface area contributed by atoms with Crippen molar-refractivity contribution in [2.45, 2.75) is 13.5 Å². The third-order valence-corrected chi connectivity index (χ3v) is 4.58. The Bertz CT molecular complexity index is 1160. The zero-order valence-electron chi connectivity index (χ0n) is 14.3. The predicted molar refractivity (Wildman–Crippen MR) is 103 cm³/mol. The topological polar surface area (TPSA) is 55.4 Å². The average Bonchev–Trinajstić information content (AvgIpc) is 2.64. The van der Waals surface area contributed by atoms with Gasteiger partial charge in [-0.15, -0.1) is 0 Å². The fourth-order valence-electron chi connectivity index (χ4n) is 3.30. The summed E-state index contributed by atoms with van der Waals surface area (Å²) < 4.78 is 5.23. The first kappa shape index (κ1) is 16.1. The number of alkyl carbamates (subject to hydrolysis) is 1. The second-order valence-electron chi connectivity index (χ2n) is 6.39. The molecule has 4 nitrogen and oxygen atoms in total. The molecule has 4 heteroatoms. The summed E-state index contributed by atoms with van der Waals surface area (Å²) in [5, 5.41) is 9.09. The number of hydrogen-bond acceptors (Lipinski definition) is 3. The van der Waals surface area contributed by atoms with Crippen LogP contribution in [0.5, 0.6) is 0 Å². The molecule has 4 rings (SSSR count). The third kappa shape index (κ3) is 2.65.